The summed E-state index contributed by atoms with van der Waals surface area (Å²) in [5.41, 5.74) is 2.04. The lowest BCUT2D eigenvalue weighted by atomic mass is 10.2. The van der Waals surface area contributed by atoms with Crippen molar-refractivity contribution in [1.82, 2.24) is 14.9 Å². The highest BCUT2D eigenvalue weighted by molar-refractivity contribution is 7.94. The zero-order valence-corrected chi connectivity index (χ0v) is 18.8. The third kappa shape index (κ3) is 5.43. The number of nitrogens with one attached hydrogen (secondary N) is 2. The van der Waals surface area contributed by atoms with Gasteiger partial charge in [0.15, 0.2) is 0 Å². The standard InChI is InChI=1S/C23H22N4O3S2/c28-23(19-8-10-20(11-9-19)26-32(29,30)22-7-4-16-31-22)25-13-12-21-24-14-15-27(21)17-18-5-2-1-3-6-18/h1-11,14-16,26H,12-13,17H2,(H,25,28). The Morgan fingerprint density at radius 3 is 2.50 bits per heavy atom. The number of nitrogens with zero attached hydrogens (tertiary/aromatic N) is 2. The molecule has 0 fully saturated rings. The molecule has 0 radical (unpaired) electrons. The van der Waals surface area contributed by atoms with Gasteiger partial charge in [-0.3, -0.25) is 9.52 Å². The van der Waals surface area contributed by atoms with Crippen molar-refractivity contribution >= 4 is 33.0 Å². The topological polar surface area (TPSA) is 93.1 Å². The summed E-state index contributed by atoms with van der Waals surface area (Å²) in [6, 6.07) is 19.7. The van der Waals surface area contributed by atoms with Crippen molar-refractivity contribution < 1.29 is 13.2 Å². The van der Waals surface area contributed by atoms with Crippen LogP contribution in [0.1, 0.15) is 21.7 Å². The van der Waals surface area contributed by atoms with E-state index in [9.17, 15) is 13.2 Å². The van der Waals surface area contributed by atoms with E-state index in [4.69, 9.17) is 0 Å². The number of carbonyl (C=O) groups excluding carboxylic acids is 1. The fourth-order valence-corrected chi connectivity index (χ4v) is 5.25. The minimum atomic E-state index is -3.61. The summed E-state index contributed by atoms with van der Waals surface area (Å²) in [6.07, 6.45) is 4.29. The van der Waals surface area contributed by atoms with Gasteiger partial charge in [0.05, 0.1) is 0 Å². The summed E-state index contributed by atoms with van der Waals surface area (Å²) in [4.78, 5) is 16.9. The summed E-state index contributed by atoms with van der Waals surface area (Å²) in [5, 5.41) is 4.59. The van der Waals surface area contributed by atoms with Crippen molar-refractivity contribution in [2.24, 2.45) is 0 Å². The molecule has 4 aromatic rings. The number of imidazole rings is 1. The second-order valence-corrected chi connectivity index (χ2v) is 9.93. The van der Waals surface area contributed by atoms with Crippen LogP contribution in [-0.2, 0) is 23.0 Å². The second-order valence-electron chi connectivity index (χ2n) is 7.08. The molecule has 4 rings (SSSR count). The molecule has 164 valence electrons. The van der Waals surface area contributed by atoms with Crippen LogP contribution in [-0.4, -0.2) is 30.4 Å². The average Bonchev–Trinajstić information content (AvgIpc) is 3.48. The van der Waals surface area contributed by atoms with Gasteiger partial charge >= 0.3 is 0 Å². The minimum absolute atomic E-state index is 0.223. The van der Waals surface area contributed by atoms with Gasteiger partial charge in [-0.15, -0.1) is 11.3 Å². The van der Waals surface area contributed by atoms with Gasteiger partial charge in [0, 0.05) is 43.2 Å². The number of benzene rings is 2. The Hall–Kier alpha value is -3.43. The molecule has 0 aliphatic carbocycles. The lowest BCUT2D eigenvalue weighted by Crippen LogP contribution is -2.26. The molecular formula is C23H22N4O3S2. The van der Waals surface area contributed by atoms with Crippen LogP contribution in [0.15, 0.2) is 88.7 Å². The number of sulfonamides is 1. The van der Waals surface area contributed by atoms with E-state index in [0.717, 1.165) is 23.7 Å². The van der Waals surface area contributed by atoms with Crippen LogP contribution in [0.4, 0.5) is 5.69 Å². The zero-order valence-electron chi connectivity index (χ0n) is 17.1. The van der Waals surface area contributed by atoms with Crippen LogP contribution in [0.2, 0.25) is 0 Å². The number of aromatic nitrogens is 2. The van der Waals surface area contributed by atoms with Crippen molar-refractivity contribution in [2.75, 3.05) is 11.3 Å². The van der Waals surface area contributed by atoms with Gasteiger partial charge in [-0.25, -0.2) is 13.4 Å². The van der Waals surface area contributed by atoms with E-state index in [1.165, 1.54) is 5.56 Å². The first kappa shape index (κ1) is 21.8. The maximum atomic E-state index is 12.5. The molecule has 0 atom stereocenters. The molecule has 2 N–H and O–H groups in total. The molecular weight excluding hydrogens is 444 g/mol. The number of amides is 1. The Morgan fingerprint density at radius 2 is 1.78 bits per heavy atom. The number of anilines is 1. The van der Waals surface area contributed by atoms with Gasteiger partial charge in [0.2, 0.25) is 0 Å². The summed E-state index contributed by atoms with van der Waals surface area (Å²) < 4.78 is 29.4. The third-order valence-electron chi connectivity index (χ3n) is 4.79. The predicted octanol–water partition coefficient (Wildman–Crippen LogP) is 3.77. The highest BCUT2D eigenvalue weighted by atomic mass is 32.2. The normalized spacial score (nSPS) is 11.2. The molecule has 2 aromatic heterocycles. The van der Waals surface area contributed by atoms with E-state index in [2.05, 4.69) is 31.7 Å². The van der Waals surface area contributed by atoms with Gasteiger partial charge in [-0.2, -0.15) is 0 Å². The summed E-state index contributed by atoms with van der Waals surface area (Å²) >= 11 is 1.14. The molecule has 0 saturated heterocycles. The summed E-state index contributed by atoms with van der Waals surface area (Å²) in [6.45, 7) is 1.17. The molecule has 9 heteroatoms. The molecule has 1 amide bonds. The molecule has 0 aliphatic heterocycles. The molecule has 0 spiro atoms. The number of hydrogen-bond acceptors (Lipinski definition) is 5. The second kappa shape index (κ2) is 9.80. The summed E-state index contributed by atoms with van der Waals surface area (Å²) in [7, 11) is -3.61. The predicted molar refractivity (Wildman–Crippen MR) is 125 cm³/mol. The van der Waals surface area contributed by atoms with E-state index in [0.29, 0.717) is 24.2 Å². The van der Waals surface area contributed by atoms with E-state index >= 15 is 0 Å². The van der Waals surface area contributed by atoms with Crippen molar-refractivity contribution in [1.29, 1.82) is 0 Å². The Balaban J connectivity index is 1.30. The maximum Gasteiger partial charge on any atom is 0.271 e. The Bertz CT molecular complexity index is 1270. The van der Waals surface area contributed by atoms with Crippen LogP contribution >= 0.6 is 11.3 Å². The first-order chi connectivity index (χ1) is 15.5. The van der Waals surface area contributed by atoms with E-state index < -0.39 is 10.0 Å². The number of thiophene rings is 1. The Morgan fingerprint density at radius 1 is 1.00 bits per heavy atom. The number of rotatable bonds is 9. The zero-order chi connectivity index (χ0) is 22.4. The smallest absolute Gasteiger partial charge is 0.271 e. The lowest BCUT2D eigenvalue weighted by molar-refractivity contribution is 0.0954. The van der Waals surface area contributed by atoms with Gasteiger partial charge in [0.25, 0.3) is 15.9 Å². The maximum absolute atomic E-state index is 12.5. The molecule has 2 aromatic carbocycles. The van der Waals surface area contributed by atoms with Crippen molar-refractivity contribution in [3.8, 4) is 0 Å². The minimum Gasteiger partial charge on any atom is -0.352 e. The molecule has 0 aliphatic rings. The van der Waals surface area contributed by atoms with Gasteiger partial charge in [-0.05, 0) is 41.3 Å². The highest BCUT2D eigenvalue weighted by Gasteiger charge is 2.15. The van der Waals surface area contributed by atoms with Crippen LogP contribution < -0.4 is 10.0 Å². The van der Waals surface area contributed by atoms with Crippen molar-refractivity contribution in [3.63, 3.8) is 0 Å². The van der Waals surface area contributed by atoms with Gasteiger partial charge in [-0.1, -0.05) is 36.4 Å². The monoisotopic (exact) mass is 466 g/mol. The molecule has 7 nitrogen and oxygen atoms in total. The van der Waals surface area contributed by atoms with Crippen LogP contribution in [0.5, 0.6) is 0 Å². The lowest BCUT2D eigenvalue weighted by Gasteiger charge is -2.10. The molecule has 32 heavy (non-hydrogen) atoms. The molecule has 0 bridgehead atoms. The molecule has 2 heterocycles. The number of carbonyl (C=O) groups is 1. The van der Waals surface area contributed by atoms with Gasteiger partial charge < -0.3 is 9.88 Å². The van der Waals surface area contributed by atoms with Crippen LogP contribution in [0, 0.1) is 0 Å². The fourth-order valence-electron chi connectivity index (χ4n) is 3.19. The summed E-state index contributed by atoms with van der Waals surface area (Å²) in [5.74, 6) is 0.673. The van der Waals surface area contributed by atoms with Crippen LogP contribution in [0.25, 0.3) is 0 Å². The Kier molecular flexibility index (Phi) is 6.67. The van der Waals surface area contributed by atoms with E-state index in [-0.39, 0.29) is 10.1 Å². The quantitative estimate of drug-likeness (QED) is 0.393. The largest absolute Gasteiger partial charge is 0.352 e. The highest BCUT2D eigenvalue weighted by Crippen LogP contribution is 2.20. The first-order valence-corrected chi connectivity index (χ1v) is 12.4. The first-order valence-electron chi connectivity index (χ1n) is 10.00. The molecule has 0 saturated carbocycles. The van der Waals surface area contributed by atoms with Crippen LogP contribution in [0.3, 0.4) is 0 Å². The van der Waals surface area contributed by atoms with E-state index in [1.54, 1.807) is 48.0 Å². The van der Waals surface area contributed by atoms with Crippen molar-refractivity contribution in [2.45, 2.75) is 17.2 Å². The average molecular weight is 467 g/mol. The number of hydrogen-bond donors (Lipinski definition) is 2. The van der Waals surface area contributed by atoms with Crippen molar-refractivity contribution in [3.05, 3.63) is 101 Å². The Labute approximate surface area is 190 Å². The SMILES string of the molecule is O=C(NCCc1nccn1Cc1ccccc1)c1ccc(NS(=O)(=O)c2cccs2)cc1. The van der Waals surface area contributed by atoms with E-state index in [1.807, 2.05) is 24.4 Å². The molecule has 0 unspecified atom stereocenters. The fraction of sp³-hybridized carbons (Fsp3) is 0.130. The van der Waals surface area contributed by atoms with Gasteiger partial charge in [0.1, 0.15) is 10.0 Å². The third-order valence-corrected chi connectivity index (χ3v) is 7.57.